The lowest BCUT2D eigenvalue weighted by atomic mass is 10.2. The maximum Gasteiger partial charge on any atom is 0.340 e. The molecule has 0 bridgehead atoms. The molecule has 0 aliphatic heterocycles. The summed E-state index contributed by atoms with van der Waals surface area (Å²) in [5.41, 5.74) is 6.32. The number of esters is 1. The summed E-state index contributed by atoms with van der Waals surface area (Å²) in [5.74, 6) is -2.14. The Morgan fingerprint density at radius 2 is 1.96 bits per heavy atom. The predicted octanol–water partition coefficient (Wildman–Crippen LogP) is 3.82. The Morgan fingerprint density at radius 3 is 2.62 bits per heavy atom. The SMILES string of the molecule is Cc1ccc(NC(=O)COC(=O)c2cc(Cl)cc(Cl)c2N)c(F)c1. The normalized spacial score (nSPS) is 10.3. The van der Waals surface area contributed by atoms with E-state index in [1.165, 1.54) is 24.3 Å². The van der Waals surface area contributed by atoms with Gasteiger partial charge < -0.3 is 15.8 Å². The minimum Gasteiger partial charge on any atom is -0.452 e. The number of ether oxygens (including phenoxy) is 1. The highest BCUT2D eigenvalue weighted by molar-refractivity contribution is 6.37. The van der Waals surface area contributed by atoms with E-state index < -0.39 is 24.3 Å². The first-order valence-corrected chi connectivity index (χ1v) is 7.51. The number of aryl methyl sites for hydroxylation is 1. The number of benzene rings is 2. The number of carbonyl (C=O) groups excluding carboxylic acids is 2. The van der Waals surface area contributed by atoms with E-state index in [2.05, 4.69) is 5.32 Å². The zero-order valence-electron chi connectivity index (χ0n) is 12.5. The molecule has 1 amide bonds. The Hall–Kier alpha value is -2.31. The van der Waals surface area contributed by atoms with Gasteiger partial charge in [-0.05, 0) is 36.8 Å². The summed E-state index contributed by atoms with van der Waals surface area (Å²) >= 11 is 11.6. The van der Waals surface area contributed by atoms with E-state index in [1.54, 1.807) is 13.0 Å². The lowest BCUT2D eigenvalue weighted by Gasteiger charge is -2.10. The maximum absolute atomic E-state index is 13.6. The largest absolute Gasteiger partial charge is 0.452 e. The Balaban J connectivity index is 2.00. The molecule has 0 radical (unpaired) electrons. The number of halogens is 3. The average Bonchev–Trinajstić information content (AvgIpc) is 2.51. The van der Waals surface area contributed by atoms with Crippen LogP contribution in [0.2, 0.25) is 10.0 Å². The van der Waals surface area contributed by atoms with Crippen molar-refractivity contribution in [3.63, 3.8) is 0 Å². The summed E-state index contributed by atoms with van der Waals surface area (Å²) in [6, 6.07) is 6.99. The average molecular weight is 371 g/mol. The Kier molecular flexibility index (Phi) is 5.64. The van der Waals surface area contributed by atoms with Gasteiger partial charge in [0.15, 0.2) is 6.61 Å². The van der Waals surface area contributed by atoms with Crippen molar-refractivity contribution in [3.05, 3.63) is 57.3 Å². The molecule has 0 heterocycles. The fourth-order valence-electron chi connectivity index (χ4n) is 1.87. The van der Waals surface area contributed by atoms with Crippen molar-refractivity contribution >= 4 is 46.5 Å². The van der Waals surface area contributed by atoms with Gasteiger partial charge in [-0.15, -0.1) is 0 Å². The third-order valence-electron chi connectivity index (χ3n) is 3.05. The number of hydrogen-bond acceptors (Lipinski definition) is 4. The van der Waals surface area contributed by atoms with Gasteiger partial charge in [0, 0.05) is 5.02 Å². The Morgan fingerprint density at radius 1 is 1.25 bits per heavy atom. The highest BCUT2D eigenvalue weighted by Gasteiger charge is 2.17. The molecular formula is C16H13Cl2FN2O3. The third kappa shape index (κ3) is 4.37. The number of carbonyl (C=O) groups is 2. The number of nitrogen functional groups attached to an aromatic ring is 1. The molecule has 0 unspecified atom stereocenters. The first kappa shape index (κ1) is 18.0. The second-order valence-corrected chi connectivity index (χ2v) is 5.80. The Bertz CT molecular complexity index is 812. The number of hydrogen-bond donors (Lipinski definition) is 2. The highest BCUT2D eigenvalue weighted by atomic mass is 35.5. The molecule has 3 N–H and O–H groups in total. The molecule has 126 valence electrons. The van der Waals surface area contributed by atoms with Gasteiger partial charge in [-0.25, -0.2) is 9.18 Å². The third-order valence-corrected chi connectivity index (χ3v) is 3.58. The smallest absolute Gasteiger partial charge is 0.340 e. The first-order valence-electron chi connectivity index (χ1n) is 6.75. The standard InChI is InChI=1S/C16H13Cl2FN2O3/c1-8-2-3-13(12(19)4-8)21-14(22)7-24-16(23)10-5-9(17)6-11(18)15(10)20/h2-6H,7,20H2,1H3,(H,21,22). The summed E-state index contributed by atoms with van der Waals surface area (Å²) < 4.78 is 18.5. The monoisotopic (exact) mass is 370 g/mol. The van der Waals surface area contributed by atoms with Gasteiger partial charge in [0.2, 0.25) is 0 Å². The van der Waals surface area contributed by atoms with Crippen molar-refractivity contribution in [3.8, 4) is 0 Å². The fraction of sp³-hybridized carbons (Fsp3) is 0.125. The minimum absolute atomic E-state index is 0.00365. The van der Waals surface area contributed by atoms with E-state index in [1.807, 2.05) is 0 Å². The summed E-state index contributed by atoms with van der Waals surface area (Å²) in [7, 11) is 0. The van der Waals surface area contributed by atoms with Crippen molar-refractivity contribution in [1.82, 2.24) is 0 Å². The van der Waals surface area contributed by atoms with E-state index in [0.717, 1.165) is 0 Å². The van der Waals surface area contributed by atoms with Crippen molar-refractivity contribution in [1.29, 1.82) is 0 Å². The van der Waals surface area contributed by atoms with Gasteiger partial charge in [-0.2, -0.15) is 0 Å². The molecule has 0 aliphatic rings. The summed E-state index contributed by atoms with van der Waals surface area (Å²) in [5, 5.41) is 2.61. The van der Waals surface area contributed by atoms with Crippen molar-refractivity contribution < 1.29 is 18.7 Å². The molecule has 24 heavy (non-hydrogen) atoms. The van der Waals surface area contributed by atoms with E-state index in [-0.39, 0.29) is 27.0 Å². The van der Waals surface area contributed by atoms with Crippen LogP contribution in [0.25, 0.3) is 0 Å². The van der Waals surface area contributed by atoms with Crippen LogP contribution in [-0.2, 0) is 9.53 Å². The molecule has 0 aliphatic carbocycles. The van der Waals surface area contributed by atoms with Crippen LogP contribution in [-0.4, -0.2) is 18.5 Å². The van der Waals surface area contributed by atoms with Gasteiger partial charge in [0.25, 0.3) is 5.91 Å². The molecule has 0 fully saturated rings. The van der Waals surface area contributed by atoms with Crippen LogP contribution in [0.15, 0.2) is 30.3 Å². The van der Waals surface area contributed by atoms with Crippen LogP contribution < -0.4 is 11.1 Å². The highest BCUT2D eigenvalue weighted by Crippen LogP contribution is 2.28. The number of anilines is 2. The van der Waals surface area contributed by atoms with Gasteiger partial charge >= 0.3 is 5.97 Å². The van der Waals surface area contributed by atoms with E-state index in [4.69, 9.17) is 33.7 Å². The molecule has 0 atom stereocenters. The number of amides is 1. The van der Waals surface area contributed by atoms with Gasteiger partial charge in [-0.3, -0.25) is 4.79 Å². The van der Waals surface area contributed by atoms with E-state index >= 15 is 0 Å². The molecule has 0 saturated heterocycles. The molecule has 0 aromatic heterocycles. The molecule has 0 spiro atoms. The Labute approximate surface area is 147 Å². The van der Waals surface area contributed by atoms with Crippen LogP contribution in [0, 0.1) is 12.7 Å². The fourth-order valence-corrected chi connectivity index (χ4v) is 2.36. The van der Waals surface area contributed by atoms with Crippen LogP contribution in [0.4, 0.5) is 15.8 Å². The van der Waals surface area contributed by atoms with Crippen molar-refractivity contribution in [2.45, 2.75) is 6.92 Å². The molecular weight excluding hydrogens is 358 g/mol. The van der Waals surface area contributed by atoms with Gasteiger partial charge in [0.05, 0.1) is 22.0 Å². The summed E-state index contributed by atoms with van der Waals surface area (Å²) in [4.78, 5) is 23.7. The molecule has 5 nitrogen and oxygen atoms in total. The maximum atomic E-state index is 13.6. The molecule has 2 aromatic carbocycles. The van der Waals surface area contributed by atoms with E-state index in [9.17, 15) is 14.0 Å². The van der Waals surface area contributed by atoms with E-state index in [0.29, 0.717) is 5.56 Å². The zero-order chi connectivity index (χ0) is 17.9. The van der Waals surface area contributed by atoms with Crippen LogP contribution in [0.1, 0.15) is 15.9 Å². The zero-order valence-corrected chi connectivity index (χ0v) is 14.0. The second-order valence-electron chi connectivity index (χ2n) is 4.96. The quantitative estimate of drug-likeness (QED) is 0.633. The van der Waals surface area contributed by atoms with Crippen molar-refractivity contribution in [2.75, 3.05) is 17.7 Å². The second kappa shape index (κ2) is 7.51. The van der Waals surface area contributed by atoms with Gasteiger partial charge in [-0.1, -0.05) is 29.3 Å². The number of nitrogens with two attached hydrogens (primary N) is 1. The molecule has 0 saturated carbocycles. The minimum atomic E-state index is -0.864. The van der Waals surface area contributed by atoms with Crippen molar-refractivity contribution in [2.24, 2.45) is 0 Å². The predicted molar refractivity (Wildman–Crippen MR) is 90.9 cm³/mol. The molecule has 8 heteroatoms. The molecule has 2 rings (SSSR count). The topological polar surface area (TPSA) is 81.4 Å². The molecule has 2 aromatic rings. The van der Waals surface area contributed by atoms with Crippen LogP contribution in [0.5, 0.6) is 0 Å². The van der Waals surface area contributed by atoms with Crippen LogP contribution >= 0.6 is 23.2 Å². The van der Waals surface area contributed by atoms with Crippen LogP contribution in [0.3, 0.4) is 0 Å². The first-order chi connectivity index (χ1) is 11.3. The lowest BCUT2D eigenvalue weighted by molar-refractivity contribution is -0.119. The lowest BCUT2D eigenvalue weighted by Crippen LogP contribution is -2.22. The van der Waals surface area contributed by atoms with Gasteiger partial charge in [0.1, 0.15) is 5.82 Å². The number of nitrogens with one attached hydrogen (secondary N) is 1. The summed E-state index contributed by atoms with van der Waals surface area (Å²) in [6.45, 7) is 1.10. The number of rotatable bonds is 4. The summed E-state index contributed by atoms with van der Waals surface area (Å²) in [6.07, 6.45) is 0.